The molecule has 2 fully saturated rings. The van der Waals surface area contributed by atoms with E-state index >= 15 is 0 Å². The maximum atomic E-state index is 14.9. The Bertz CT molecular complexity index is 2080. The van der Waals surface area contributed by atoms with E-state index in [0.29, 0.717) is 22.4 Å². The molecule has 0 aliphatic carbocycles. The zero-order valence-electron chi connectivity index (χ0n) is 27.4. The number of ether oxygens (including phenoxy) is 1. The van der Waals surface area contributed by atoms with Crippen molar-refractivity contribution >= 4 is 29.5 Å². The third kappa shape index (κ3) is 5.65. The average Bonchev–Trinajstić information content (AvgIpc) is 3.62. The lowest BCUT2D eigenvalue weighted by Crippen LogP contribution is -2.54. The van der Waals surface area contributed by atoms with Gasteiger partial charge in [0.25, 0.3) is 0 Å². The van der Waals surface area contributed by atoms with Gasteiger partial charge in [0.05, 0.1) is 24.5 Å². The number of esters is 1. The summed E-state index contributed by atoms with van der Waals surface area (Å²) in [6.45, 7) is 3.85. The lowest BCUT2D eigenvalue weighted by molar-refractivity contribution is -0.178. The fourth-order valence-electron chi connectivity index (χ4n) is 7.89. The van der Waals surface area contributed by atoms with E-state index in [0.717, 1.165) is 11.1 Å². The van der Waals surface area contributed by atoms with Crippen molar-refractivity contribution in [3.05, 3.63) is 144 Å². The van der Waals surface area contributed by atoms with E-state index in [9.17, 15) is 24.3 Å². The number of rotatable bonds is 7. The maximum Gasteiger partial charge on any atom is 0.324 e. The minimum Gasteiger partial charge on any atom is -0.508 e. The summed E-state index contributed by atoms with van der Waals surface area (Å²) in [5.74, 6) is 2.96. The number of phenols is 1. The number of anilines is 1. The first-order valence-corrected chi connectivity index (χ1v) is 16.5. The molecule has 4 aromatic rings. The SMILES string of the molecule is C=CCNC(=O)[C@H]1[C@@H]2C(=O)O[C@@H](c3ccccc3)[C@@H](c3ccccc3)N2[C@@H](c2ccc(O)cc2)[C@]12C(=O)Nc1ccc(C#CCNC(N)=O)cc12. The van der Waals surface area contributed by atoms with Gasteiger partial charge in [0.15, 0.2) is 0 Å². The van der Waals surface area contributed by atoms with Gasteiger partial charge in [-0.15, -0.1) is 6.58 Å². The van der Waals surface area contributed by atoms with Gasteiger partial charge in [0.1, 0.15) is 23.3 Å². The molecule has 4 aromatic carbocycles. The number of cyclic esters (lactones) is 1. The molecule has 0 saturated carbocycles. The van der Waals surface area contributed by atoms with E-state index in [2.05, 4.69) is 34.4 Å². The number of aromatic hydroxyl groups is 1. The van der Waals surface area contributed by atoms with Crippen LogP contribution >= 0.6 is 0 Å². The van der Waals surface area contributed by atoms with Crippen LogP contribution in [0.2, 0.25) is 0 Å². The molecule has 256 valence electrons. The lowest BCUT2D eigenvalue weighted by Gasteiger charge is -2.46. The van der Waals surface area contributed by atoms with Crippen LogP contribution in [0.25, 0.3) is 0 Å². The number of phenolic OH excluding ortho intramolecular Hbond substituents is 1. The zero-order valence-corrected chi connectivity index (χ0v) is 27.4. The number of benzene rings is 4. The third-order valence-electron chi connectivity index (χ3n) is 9.80. The number of primary amides is 1. The molecule has 0 aromatic heterocycles. The molecule has 11 nitrogen and oxygen atoms in total. The maximum absolute atomic E-state index is 14.9. The summed E-state index contributed by atoms with van der Waals surface area (Å²) in [5, 5.41) is 18.7. The van der Waals surface area contributed by atoms with Crippen LogP contribution in [0, 0.1) is 17.8 Å². The number of carbonyl (C=O) groups excluding carboxylic acids is 4. The van der Waals surface area contributed by atoms with Gasteiger partial charge in [-0.1, -0.05) is 90.7 Å². The normalized spacial score (nSPS) is 24.7. The van der Waals surface area contributed by atoms with Gasteiger partial charge in [-0.05, 0) is 52.6 Å². The number of morpholine rings is 1. The Labute approximate surface area is 294 Å². The Balaban J connectivity index is 1.52. The second kappa shape index (κ2) is 13.5. The predicted molar refractivity (Wildman–Crippen MR) is 189 cm³/mol. The summed E-state index contributed by atoms with van der Waals surface area (Å²) in [7, 11) is 0. The second-order valence-corrected chi connectivity index (χ2v) is 12.6. The van der Waals surface area contributed by atoms with Gasteiger partial charge in [0.2, 0.25) is 11.8 Å². The van der Waals surface area contributed by atoms with Crippen molar-refractivity contribution in [1.82, 2.24) is 15.5 Å². The van der Waals surface area contributed by atoms with E-state index in [1.54, 1.807) is 30.3 Å². The summed E-state index contributed by atoms with van der Waals surface area (Å²) in [4.78, 5) is 57.4. The highest BCUT2D eigenvalue weighted by atomic mass is 16.6. The van der Waals surface area contributed by atoms with E-state index in [1.807, 2.05) is 65.6 Å². The number of fused-ring (bicyclic) bond motifs is 3. The predicted octanol–water partition coefficient (Wildman–Crippen LogP) is 3.99. The summed E-state index contributed by atoms with van der Waals surface area (Å²) < 4.78 is 6.36. The van der Waals surface area contributed by atoms with Gasteiger partial charge < -0.3 is 31.5 Å². The van der Waals surface area contributed by atoms with Crippen LogP contribution in [-0.2, 0) is 24.5 Å². The number of carbonyl (C=O) groups is 4. The van der Waals surface area contributed by atoms with Crippen molar-refractivity contribution in [2.24, 2.45) is 11.7 Å². The van der Waals surface area contributed by atoms with Crippen LogP contribution in [-0.4, -0.2) is 53.0 Å². The molecule has 7 rings (SSSR count). The first kappa shape index (κ1) is 33.1. The first-order chi connectivity index (χ1) is 24.7. The van der Waals surface area contributed by atoms with Crippen LogP contribution in [0.5, 0.6) is 5.75 Å². The van der Waals surface area contributed by atoms with Gasteiger partial charge in [-0.2, -0.15) is 0 Å². The van der Waals surface area contributed by atoms with E-state index in [4.69, 9.17) is 10.5 Å². The molecule has 6 atom stereocenters. The van der Waals surface area contributed by atoms with Crippen LogP contribution in [0.1, 0.15) is 46.0 Å². The molecule has 4 amide bonds. The number of nitrogens with two attached hydrogens (primary N) is 1. The minimum absolute atomic E-state index is 0.00121. The highest BCUT2D eigenvalue weighted by Gasteiger charge is 2.74. The quantitative estimate of drug-likeness (QED) is 0.112. The standard InChI is InChI=1S/C40H35N5O6/c1-2-21-42-36(47)31-33-37(48)51-34(26-13-7-4-8-14-26)32(25-11-5-3-6-12-25)45(33)35(27-16-18-28(46)19-17-27)40(31)29-23-24(10-9-22-43-39(41)50)15-20-30(29)44-38(40)49/h2-8,11-20,23,31-35,46H,1,21-22H2,(H,42,47)(H,44,49)(H3,41,43,50)/t31-,32-,33-,34+,35+,40-/m1/s1. The molecule has 0 radical (unpaired) electrons. The highest BCUT2D eigenvalue weighted by Crippen LogP contribution is 2.64. The molecule has 6 N–H and O–H groups in total. The number of nitrogens with zero attached hydrogens (tertiary/aromatic N) is 1. The number of hydrogen-bond donors (Lipinski definition) is 5. The molecule has 0 bridgehead atoms. The first-order valence-electron chi connectivity index (χ1n) is 16.5. The summed E-state index contributed by atoms with van der Waals surface area (Å²) in [5.41, 5.74) is 7.13. The topological polar surface area (TPSA) is 163 Å². The molecule has 3 aliphatic rings. The molecule has 3 aliphatic heterocycles. The molecule has 3 heterocycles. The van der Waals surface area contributed by atoms with Gasteiger partial charge in [-0.3, -0.25) is 19.3 Å². The van der Waals surface area contributed by atoms with E-state index in [-0.39, 0.29) is 18.8 Å². The van der Waals surface area contributed by atoms with Gasteiger partial charge in [0, 0.05) is 17.8 Å². The molecule has 2 saturated heterocycles. The number of nitrogens with one attached hydrogen (secondary N) is 3. The molecule has 51 heavy (non-hydrogen) atoms. The average molecular weight is 682 g/mol. The fourth-order valence-corrected chi connectivity index (χ4v) is 7.89. The van der Waals surface area contributed by atoms with Crippen molar-refractivity contribution in [3.8, 4) is 17.6 Å². The molecular formula is C40H35N5O6. The van der Waals surface area contributed by atoms with Crippen LogP contribution in [0.4, 0.5) is 10.5 Å². The zero-order chi connectivity index (χ0) is 35.7. The number of amides is 4. The fraction of sp³-hybridized carbons (Fsp3) is 0.200. The Morgan fingerprint density at radius 3 is 2.27 bits per heavy atom. The van der Waals surface area contributed by atoms with Crippen molar-refractivity contribution in [1.29, 1.82) is 0 Å². The monoisotopic (exact) mass is 681 g/mol. The Hall–Kier alpha value is -6.38. The Morgan fingerprint density at radius 1 is 0.922 bits per heavy atom. The minimum atomic E-state index is -1.69. The molecule has 0 unspecified atom stereocenters. The van der Waals surface area contributed by atoms with E-state index < -0.39 is 59.4 Å². The largest absolute Gasteiger partial charge is 0.508 e. The number of urea groups is 1. The van der Waals surface area contributed by atoms with Crippen LogP contribution < -0.4 is 21.7 Å². The van der Waals surface area contributed by atoms with Gasteiger partial charge >= 0.3 is 12.0 Å². The van der Waals surface area contributed by atoms with Crippen molar-refractivity contribution in [2.75, 3.05) is 18.4 Å². The lowest BCUT2D eigenvalue weighted by atomic mass is 9.65. The second-order valence-electron chi connectivity index (χ2n) is 12.6. The molecule has 1 spiro atoms. The molecule has 11 heteroatoms. The van der Waals surface area contributed by atoms with Crippen LogP contribution in [0.15, 0.2) is 116 Å². The summed E-state index contributed by atoms with van der Waals surface area (Å²) >= 11 is 0. The van der Waals surface area contributed by atoms with Crippen molar-refractivity contribution in [3.63, 3.8) is 0 Å². The Morgan fingerprint density at radius 2 is 1.61 bits per heavy atom. The highest BCUT2D eigenvalue weighted by molar-refractivity contribution is 6.12. The number of hydrogen-bond acceptors (Lipinski definition) is 7. The van der Waals surface area contributed by atoms with Crippen LogP contribution in [0.3, 0.4) is 0 Å². The Kier molecular flexibility index (Phi) is 8.77. The summed E-state index contributed by atoms with van der Waals surface area (Å²) in [6, 6.07) is 27.1. The van der Waals surface area contributed by atoms with Crippen molar-refractivity contribution < 1.29 is 29.0 Å². The van der Waals surface area contributed by atoms with Crippen molar-refractivity contribution in [2.45, 2.75) is 29.6 Å². The third-order valence-corrected chi connectivity index (χ3v) is 9.80. The van der Waals surface area contributed by atoms with E-state index in [1.165, 1.54) is 18.2 Å². The van der Waals surface area contributed by atoms with Gasteiger partial charge in [-0.25, -0.2) is 4.79 Å². The smallest absolute Gasteiger partial charge is 0.324 e. The summed E-state index contributed by atoms with van der Waals surface area (Å²) in [6.07, 6.45) is 0.728. The molecular weight excluding hydrogens is 646 g/mol.